The van der Waals surface area contributed by atoms with E-state index in [1.54, 1.807) is 43.5 Å². The van der Waals surface area contributed by atoms with Gasteiger partial charge in [0.25, 0.3) is 0 Å². The summed E-state index contributed by atoms with van der Waals surface area (Å²) in [7, 11) is 1.54. The second-order valence-electron chi connectivity index (χ2n) is 4.99. The summed E-state index contributed by atoms with van der Waals surface area (Å²) in [5, 5.41) is 11.8. The fourth-order valence-corrected chi connectivity index (χ4v) is 2.97. The Kier molecular flexibility index (Phi) is 5.14. The van der Waals surface area contributed by atoms with E-state index < -0.39 is 17.6 Å². The molecular formula is C17H16N2O3S. The van der Waals surface area contributed by atoms with Crippen LogP contribution < -0.4 is 10.1 Å². The zero-order valence-corrected chi connectivity index (χ0v) is 13.9. The number of nitriles is 1. The number of hydrogen-bond acceptors (Lipinski definition) is 5. The summed E-state index contributed by atoms with van der Waals surface area (Å²) in [5.41, 5.74) is 1.48. The van der Waals surface area contributed by atoms with Crippen LogP contribution in [-0.2, 0) is 4.79 Å². The van der Waals surface area contributed by atoms with Crippen LogP contribution >= 0.6 is 11.3 Å². The van der Waals surface area contributed by atoms with Crippen LogP contribution in [0.25, 0.3) is 0 Å². The normalized spacial score (nSPS) is 11.4. The maximum Gasteiger partial charge on any atom is 0.249 e. The van der Waals surface area contributed by atoms with Gasteiger partial charge in [-0.05, 0) is 49.7 Å². The standard InChI is InChI=1S/C17H16N2O3S/c1-10-8-15(23-11(10)2)16(20)14(9-18)17(21)19-12-4-6-13(22-3)7-5-12/h4-8,14H,1-3H3,(H,19,21). The SMILES string of the molecule is COc1ccc(NC(=O)C(C#N)C(=O)c2cc(C)c(C)s2)cc1. The van der Waals surface area contributed by atoms with Crippen molar-refractivity contribution >= 4 is 28.7 Å². The number of anilines is 1. The molecule has 118 valence electrons. The van der Waals surface area contributed by atoms with Crippen LogP contribution in [0.2, 0.25) is 0 Å². The van der Waals surface area contributed by atoms with E-state index in [0.717, 1.165) is 10.4 Å². The lowest BCUT2D eigenvalue weighted by Gasteiger charge is -2.09. The van der Waals surface area contributed by atoms with E-state index in [0.29, 0.717) is 16.3 Å². The molecule has 2 aromatic rings. The van der Waals surface area contributed by atoms with Crippen LogP contribution in [-0.4, -0.2) is 18.8 Å². The highest BCUT2D eigenvalue weighted by molar-refractivity contribution is 7.14. The van der Waals surface area contributed by atoms with Gasteiger partial charge < -0.3 is 10.1 Å². The molecule has 0 saturated heterocycles. The first kappa shape index (κ1) is 16.7. The molecule has 0 aliphatic carbocycles. The average Bonchev–Trinajstić information content (AvgIpc) is 2.88. The number of nitrogens with zero attached hydrogens (tertiary/aromatic N) is 1. The van der Waals surface area contributed by atoms with Gasteiger partial charge in [-0.15, -0.1) is 11.3 Å². The molecule has 1 unspecified atom stereocenters. The topological polar surface area (TPSA) is 79.2 Å². The molecular weight excluding hydrogens is 312 g/mol. The van der Waals surface area contributed by atoms with Gasteiger partial charge in [-0.1, -0.05) is 0 Å². The van der Waals surface area contributed by atoms with Crippen LogP contribution in [0, 0.1) is 31.1 Å². The number of nitrogens with one attached hydrogen (secondary N) is 1. The van der Waals surface area contributed by atoms with Crippen LogP contribution in [0.15, 0.2) is 30.3 Å². The number of carbonyl (C=O) groups is 2. The number of amides is 1. The van der Waals surface area contributed by atoms with Gasteiger partial charge in [-0.3, -0.25) is 9.59 Å². The third-order valence-electron chi connectivity index (χ3n) is 3.42. The Labute approximate surface area is 138 Å². The van der Waals surface area contributed by atoms with Crippen molar-refractivity contribution in [1.29, 1.82) is 5.26 Å². The minimum absolute atomic E-state index is 0.427. The van der Waals surface area contributed by atoms with Crippen LogP contribution in [0.5, 0.6) is 5.75 Å². The molecule has 2 rings (SSSR count). The van der Waals surface area contributed by atoms with E-state index in [1.165, 1.54) is 11.3 Å². The Bertz CT molecular complexity index is 753. The summed E-state index contributed by atoms with van der Waals surface area (Å²) in [4.78, 5) is 26.0. The molecule has 0 radical (unpaired) electrons. The van der Waals surface area contributed by atoms with E-state index in [1.807, 2.05) is 13.8 Å². The smallest absolute Gasteiger partial charge is 0.249 e. The molecule has 6 heteroatoms. The third kappa shape index (κ3) is 3.76. The molecule has 1 amide bonds. The number of carbonyl (C=O) groups excluding carboxylic acids is 2. The number of benzene rings is 1. The van der Waals surface area contributed by atoms with Crippen LogP contribution in [0.3, 0.4) is 0 Å². The predicted molar refractivity (Wildman–Crippen MR) is 88.9 cm³/mol. The van der Waals surface area contributed by atoms with Gasteiger partial charge in [0.1, 0.15) is 5.75 Å². The lowest BCUT2D eigenvalue weighted by molar-refractivity contribution is -0.117. The van der Waals surface area contributed by atoms with Gasteiger partial charge in [-0.25, -0.2) is 0 Å². The first-order chi connectivity index (χ1) is 11.0. The van der Waals surface area contributed by atoms with Crippen molar-refractivity contribution in [3.05, 3.63) is 45.6 Å². The van der Waals surface area contributed by atoms with Gasteiger partial charge in [0.05, 0.1) is 18.1 Å². The lowest BCUT2D eigenvalue weighted by Crippen LogP contribution is -2.28. The molecule has 0 aliphatic rings. The van der Waals surface area contributed by atoms with Gasteiger partial charge in [-0.2, -0.15) is 5.26 Å². The van der Waals surface area contributed by atoms with E-state index in [9.17, 15) is 14.9 Å². The number of thiophene rings is 1. The van der Waals surface area contributed by atoms with Crippen LogP contribution in [0.4, 0.5) is 5.69 Å². The van der Waals surface area contributed by atoms with E-state index >= 15 is 0 Å². The minimum atomic E-state index is -1.37. The molecule has 1 N–H and O–H groups in total. The molecule has 0 aliphatic heterocycles. The highest BCUT2D eigenvalue weighted by atomic mass is 32.1. The van der Waals surface area contributed by atoms with E-state index in [4.69, 9.17) is 4.74 Å². The second-order valence-corrected chi connectivity index (χ2v) is 6.25. The first-order valence-electron chi connectivity index (χ1n) is 6.92. The third-order valence-corrected chi connectivity index (χ3v) is 4.59. The molecule has 0 spiro atoms. The maximum atomic E-state index is 12.4. The van der Waals surface area contributed by atoms with Crippen molar-refractivity contribution in [1.82, 2.24) is 0 Å². The van der Waals surface area contributed by atoms with E-state index in [-0.39, 0.29) is 0 Å². The summed E-state index contributed by atoms with van der Waals surface area (Å²) in [6, 6.07) is 10.2. The monoisotopic (exact) mass is 328 g/mol. The Morgan fingerprint density at radius 3 is 2.39 bits per heavy atom. The molecule has 1 aromatic heterocycles. The van der Waals surface area contributed by atoms with Gasteiger partial charge in [0, 0.05) is 10.6 Å². The molecule has 0 fully saturated rings. The number of methoxy groups -OCH3 is 1. The first-order valence-corrected chi connectivity index (χ1v) is 7.73. The number of rotatable bonds is 5. The predicted octanol–water partition coefficient (Wildman–Crippen LogP) is 3.33. The Morgan fingerprint density at radius 1 is 1.26 bits per heavy atom. The van der Waals surface area contributed by atoms with Crippen molar-refractivity contribution in [3.8, 4) is 11.8 Å². The Hall–Kier alpha value is -2.65. The van der Waals surface area contributed by atoms with Crippen molar-refractivity contribution in [2.45, 2.75) is 13.8 Å². The fraction of sp³-hybridized carbons (Fsp3) is 0.235. The maximum absolute atomic E-state index is 12.4. The summed E-state index contributed by atoms with van der Waals surface area (Å²) in [5.74, 6) is -1.82. The molecule has 5 nitrogen and oxygen atoms in total. The molecule has 1 aromatic carbocycles. The summed E-state index contributed by atoms with van der Waals surface area (Å²) >= 11 is 1.30. The highest BCUT2D eigenvalue weighted by Gasteiger charge is 2.29. The molecule has 23 heavy (non-hydrogen) atoms. The molecule has 0 bridgehead atoms. The molecule has 0 saturated carbocycles. The summed E-state index contributed by atoms with van der Waals surface area (Å²) in [6.07, 6.45) is 0. The number of aryl methyl sites for hydroxylation is 2. The largest absolute Gasteiger partial charge is 0.497 e. The lowest BCUT2D eigenvalue weighted by atomic mass is 10.0. The van der Waals surface area contributed by atoms with Gasteiger partial charge >= 0.3 is 0 Å². The minimum Gasteiger partial charge on any atom is -0.497 e. The zero-order chi connectivity index (χ0) is 17.0. The number of hydrogen-bond donors (Lipinski definition) is 1. The Balaban J connectivity index is 2.14. The highest BCUT2D eigenvalue weighted by Crippen LogP contribution is 2.24. The van der Waals surface area contributed by atoms with Crippen LogP contribution in [0.1, 0.15) is 20.1 Å². The summed E-state index contributed by atoms with van der Waals surface area (Å²) in [6.45, 7) is 3.79. The van der Waals surface area contributed by atoms with Crippen molar-refractivity contribution in [3.63, 3.8) is 0 Å². The quantitative estimate of drug-likeness (QED) is 0.674. The average molecular weight is 328 g/mol. The van der Waals surface area contributed by atoms with Crippen molar-refractivity contribution < 1.29 is 14.3 Å². The number of Topliss-reactive ketones (excluding diaryl/α,β-unsaturated/α-hetero) is 1. The second kappa shape index (κ2) is 7.07. The fourth-order valence-electron chi connectivity index (χ4n) is 1.96. The van der Waals surface area contributed by atoms with Gasteiger partial charge in [0.15, 0.2) is 11.7 Å². The van der Waals surface area contributed by atoms with Crippen molar-refractivity contribution in [2.75, 3.05) is 12.4 Å². The van der Waals surface area contributed by atoms with Crippen molar-refractivity contribution in [2.24, 2.45) is 5.92 Å². The number of ketones is 1. The number of ether oxygens (including phenoxy) is 1. The van der Waals surface area contributed by atoms with Gasteiger partial charge in [0.2, 0.25) is 5.91 Å². The summed E-state index contributed by atoms with van der Waals surface area (Å²) < 4.78 is 5.03. The zero-order valence-electron chi connectivity index (χ0n) is 13.0. The van der Waals surface area contributed by atoms with E-state index in [2.05, 4.69) is 5.32 Å². The molecule has 1 atom stereocenters. The molecule has 1 heterocycles. The Morgan fingerprint density at radius 2 is 1.91 bits per heavy atom.